The largest absolute Gasteiger partial charge is 0.370 e. The van der Waals surface area contributed by atoms with E-state index in [2.05, 4.69) is 36.2 Å². The lowest BCUT2D eigenvalue weighted by atomic mass is 9.96. The second-order valence-corrected chi connectivity index (χ2v) is 5.18. The van der Waals surface area contributed by atoms with Crippen LogP contribution in [0.25, 0.3) is 0 Å². The average Bonchev–Trinajstić information content (AvgIpc) is 2.39. The van der Waals surface area contributed by atoms with Gasteiger partial charge in [-0.25, -0.2) is 4.99 Å². The zero-order chi connectivity index (χ0) is 13.0. The van der Waals surface area contributed by atoms with Gasteiger partial charge in [-0.2, -0.15) is 0 Å². The van der Waals surface area contributed by atoms with Crippen molar-refractivity contribution in [2.45, 2.75) is 45.1 Å². The van der Waals surface area contributed by atoms with Gasteiger partial charge in [-0.15, -0.1) is 0 Å². The molecule has 18 heavy (non-hydrogen) atoms. The van der Waals surface area contributed by atoms with Gasteiger partial charge >= 0.3 is 0 Å². The number of nitrogens with zero attached hydrogens (tertiary/aromatic N) is 2. The minimum absolute atomic E-state index is 0.422. The molecule has 1 saturated carbocycles. The van der Waals surface area contributed by atoms with Crippen LogP contribution in [0.15, 0.2) is 29.3 Å². The lowest BCUT2D eigenvalue weighted by Gasteiger charge is -2.23. The summed E-state index contributed by atoms with van der Waals surface area (Å²) in [6.07, 6.45) is 6.29. The summed E-state index contributed by atoms with van der Waals surface area (Å²) >= 11 is 0. The number of aryl methyl sites for hydroxylation is 1. The van der Waals surface area contributed by atoms with Crippen LogP contribution >= 0.6 is 0 Å². The summed E-state index contributed by atoms with van der Waals surface area (Å²) in [5.74, 6) is 0.632. The standard InChI is InChI=1S/C15H23N3/c1-12-7-6-10-14(11-12)18(2)15(16)17-13-8-4-3-5-9-13/h6-7,10-11,13H,3-5,8-9H2,1-2H3,(H2,16,17). The van der Waals surface area contributed by atoms with Crippen LogP contribution in [0.3, 0.4) is 0 Å². The molecule has 0 heterocycles. The Balaban J connectivity index is 2.07. The molecule has 0 saturated heterocycles. The van der Waals surface area contributed by atoms with E-state index in [1.165, 1.54) is 37.7 Å². The number of benzene rings is 1. The first-order chi connectivity index (χ1) is 8.66. The molecule has 98 valence electrons. The Bertz CT molecular complexity index is 420. The number of hydrogen-bond acceptors (Lipinski definition) is 1. The molecule has 1 aliphatic rings. The van der Waals surface area contributed by atoms with Crippen molar-refractivity contribution >= 4 is 11.6 Å². The topological polar surface area (TPSA) is 41.6 Å². The van der Waals surface area contributed by atoms with Gasteiger partial charge < -0.3 is 10.6 Å². The van der Waals surface area contributed by atoms with Crippen LogP contribution in [0.1, 0.15) is 37.7 Å². The van der Waals surface area contributed by atoms with Gasteiger partial charge in [0.1, 0.15) is 0 Å². The second kappa shape index (κ2) is 5.89. The molecular weight excluding hydrogens is 222 g/mol. The normalized spacial score (nSPS) is 17.8. The SMILES string of the molecule is Cc1cccc(N(C)C(N)=NC2CCCCC2)c1. The lowest BCUT2D eigenvalue weighted by Crippen LogP contribution is -2.35. The highest BCUT2D eigenvalue weighted by molar-refractivity contribution is 5.94. The Morgan fingerprint density at radius 3 is 2.67 bits per heavy atom. The van der Waals surface area contributed by atoms with Crippen molar-refractivity contribution in [3.8, 4) is 0 Å². The molecule has 0 aliphatic heterocycles. The van der Waals surface area contributed by atoms with Crippen LogP contribution < -0.4 is 10.6 Å². The third-order valence-electron chi connectivity index (χ3n) is 3.62. The van der Waals surface area contributed by atoms with E-state index in [9.17, 15) is 0 Å². The highest BCUT2D eigenvalue weighted by Gasteiger charge is 2.14. The van der Waals surface area contributed by atoms with Crippen LogP contribution in [0.2, 0.25) is 0 Å². The molecule has 1 aromatic carbocycles. The fourth-order valence-corrected chi connectivity index (χ4v) is 2.45. The molecule has 2 rings (SSSR count). The number of hydrogen-bond donors (Lipinski definition) is 1. The molecule has 0 unspecified atom stereocenters. The van der Waals surface area contributed by atoms with Crippen LogP contribution in [0.5, 0.6) is 0 Å². The van der Waals surface area contributed by atoms with E-state index in [4.69, 9.17) is 5.73 Å². The number of nitrogens with two attached hydrogens (primary N) is 1. The number of rotatable bonds is 2. The van der Waals surface area contributed by atoms with Gasteiger partial charge in [-0.05, 0) is 37.5 Å². The molecule has 0 bridgehead atoms. The Hall–Kier alpha value is -1.51. The third-order valence-corrected chi connectivity index (χ3v) is 3.62. The molecule has 0 aromatic heterocycles. The maximum atomic E-state index is 6.11. The predicted octanol–water partition coefficient (Wildman–Crippen LogP) is 3.08. The Morgan fingerprint density at radius 1 is 1.28 bits per heavy atom. The van der Waals surface area contributed by atoms with E-state index >= 15 is 0 Å². The van der Waals surface area contributed by atoms with Crippen LogP contribution in [0, 0.1) is 6.92 Å². The summed E-state index contributed by atoms with van der Waals surface area (Å²) < 4.78 is 0. The van der Waals surface area contributed by atoms with E-state index in [1.54, 1.807) is 0 Å². The first-order valence-electron chi connectivity index (χ1n) is 6.80. The van der Waals surface area contributed by atoms with E-state index < -0.39 is 0 Å². The van der Waals surface area contributed by atoms with Gasteiger partial charge in [0.15, 0.2) is 5.96 Å². The lowest BCUT2D eigenvalue weighted by molar-refractivity contribution is 0.443. The maximum Gasteiger partial charge on any atom is 0.195 e. The van der Waals surface area contributed by atoms with Gasteiger partial charge in [0.2, 0.25) is 0 Å². The molecular formula is C15H23N3. The van der Waals surface area contributed by atoms with Crippen LogP contribution in [-0.2, 0) is 0 Å². The monoisotopic (exact) mass is 245 g/mol. The zero-order valence-corrected chi connectivity index (χ0v) is 11.4. The number of anilines is 1. The Labute approximate surface area is 110 Å². The fraction of sp³-hybridized carbons (Fsp3) is 0.533. The van der Waals surface area contributed by atoms with Gasteiger partial charge in [0.05, 0.1) is 6.04 Å². The minimum Gasteiger partial charge on any atom is -0.370 e. The second-order valence-electron chi connectivity index (χ2n) is 5.18. The minimum atomic E-state index is 0.422. The van der Waals surface area contributed by atoms with E-state index in [0.29, 0.717) is 12.0 Å². The van der Waals surface area contributed by atoms with Gasteiger partial charge in [0, 0.05) is 12.7 Å². The van der Waals surface area contributed by atoms with Crippen molar-refractivity contribution in [1.29, 1.82) is 0 Å². The van der Waals surface area contributed by atoms with Gasteiger partial charge in [-0.3, -0.25) is 0 Å². The van der Waals surface area contributed by atoms with E-state index in [1.807, 2.05) is 11.9 Å². The molecule has 0 radical (unpaired) electrons. The number of guanidine groups is 1. The molecule has 3 nitrogen and oxygen atoms in total. The van der Waals surface area contributed by atoms with Crippen LogP contribution in [0.4, 0.5) is 5.69 Å². The first kappa shape index (κ1) is 12.9. The maximum absolute atomic E-state index is 6.11. The Kier molecular flexibility index (Phi) is 4.24. The smallest absolute Gasteiger partial charge is 0.195 e. The summed E-state index contributed by atoms with van der Waals surface area (Å²) in [5, 5.41) is 0. The molecule has 1 aliphatic carbocycles. The molecule has 0 atom stereocenters. The van der Waals surface area contributed by atoms with Crippen molar-refractivity contribution in [3.05, 3.63) is 29.8 Å². The quantitative estimate of drug-likeness (QED) is 0.642. The summed E-state index contributed by atoms with van der Waals surface area (Å²) in [7, 11) is 1.98. The van der Waals surface area contributed by atoms with Crippen molar-refractivity contribution in [3.63, 3.8) is 0 Å². The average molecular weight is 245 g/mol. The van der Waals surface area contributed by atoms with Crippen molar-refractivity contribution in [1.82, 2.24) is 0 Å². The molecule has 3 heteroatoms. The summed E-state index contributed by atoms with van der Waals surface area (Å²) in [5.41, 5.74) is 8.45. The van der Waals surface area contributed by atoms with E-state index in [-0.39, 0.29) is 0 Å². The van der Waals surface area contributed by atoms with Crippen molar-refractivity contribution < 1.29 is 0 Å². The van der Waals surface area contributed by atoms with Gasteiger partial charge in [0.25, 0.3) is 0 Å². The molecule has 0 amide bonds. The van der Waals surface area contributed by atoms with E-state index in [0.717, 1.165) is 5.69 Å². The summed E-state index contributed by atoms with van der Waals surface area (Å²) in [6.45, 7) is 2.09. The third kappa shape index (κ3) is 3.25. The van der Waals surface area contributed by atoms with Crippen molar-refractivity contribution in [2.24, 2.45) is 10.7 Å². The fourth-order valence-electron chi connectivity index (χ4n) is 2.45. The van der Waals surface area contributed by atoms with Crippen LogP contribution in [-0.4, -0.2) is 19.0 Å². The summed E-state index contributed by atoms with van der Waals surface area (Å²) in [6, 6.07) is 8.76. The molecule has 1 fully saturated rings. The molecule has 0 spiro atoms. The molecule has 1 aromatic rings. The highest BCUT2D eigenvalue weighted by Crippen LogP contribution is 2.21. The predicted molar refractivity (Wildman–Crippen MR) is 78.1 cm³/mol. The zero-order valence-electron chi connectivity index (χ0n) is 11.4. The Morgan fingerprint density at radius 2 is 2.00 bits per heavy atom. The summed E-state index contributed by atoms with van der Waals surface area (Å²) in [4.78, 5) is 6.64. The molecule has 2 N–H and O–H groups in total. The highest BCUT2D eigenvalue weighted by atomic mass is 15.2. The van der Waals surface area contributed by atoms with Gasteiger partial charge in [-0.1, -0.05) is 31.4 Å². The van der Waals surface area contributed by atoms with Crippen molar-refractivity contribution in [2.75, 3.05) is 11.9 Å². The number of aliphatic imine (C=N–C) groups is 1. The first-order valence-corrected chi connectivity index (χ1v) is 6.80.